The zero-order chi connectivity index (χ0) is 31.8. The highest BCUT2D eigenvalue weighted by Crippen LogP contribution is 2.20. The first kappa shape index (κ1) is 34.4. The van der Waals surface area contributed by atoms with Gasteiger partial charge in [-0.15, -0.1) is 0 Å². The second-order valence-electron chi connectivity index (χ2n) is 11.2. The molecule has 3 aromatic rings. The van der Waals surface area contributed by atoms with Crippen molar-refractivity contribution in [1.82, 2.24) is 9.97 Å². The lowest BCUT2D eigenvalue weighted by Gasteiger charge is -2.19. The van der Waals surface area contributed by atoms with Gasteiger partial charge in [-0.3, -0.25) is 9.59 Å². The molecule has 2 N–H and O–H groups in total. The summed E-state index contributed by atoms with van der Waals surface area (Å²) < 4.78 is 21.9. The number of aromatic nitrogens is 2. The third-order valence-electron chi connectivity index (χ3n) is 6.05. The van der Waals surface area contributed by atoms with Gasteiger partial charge in [-0.25, -0.2) is 4.98 Å². The maximum atomic E-state index is 12.3. The standard InChI is InChI=1S/C33H45N5O6/c1-25-23-29(38(5)16-18-42-20-22-43-21-19-41-17-15-31(40)44-33(2,3)4)37-32(34-25)36-28-13-11-27(12-14-28)35-30(39)24-26-9-7-6-8-10-26/h6-14,23H,15-22,24H2,1-5H3,(H,35,39)(H,34,36,37). The third kappa shape index (κ3) is 13.9. The summed E-state index contributed by atoms with van der Waals surface area (Å²) >= 11 is 0. The van der Waals surface area contributed by atoms with Crippen LogP contribution in [0.1, 0.15) is 38.4 Å². The van der Waals surface area contributed by atoms with Crippen LogP contribution in [-0.4, -0.2) is 80.7 Å². The first-order valence-corrected chi connectivity index (χ1v) is 14.8. The fraction of sp³-hybridized carbons (Fsp3) is 0.455. The van der Waals surface area contributed by atoms with Crippen LogP contribution >= 0.6 is 0 Å². The van der Waals surface area contributed by atoms with Crippen LogP contribution in [0.15, 0.2) is 60.7 Å². The normalized spacial score (nSPS) is 11.2. The quantitative estimate of drug-likeness (QED) is 0.152. The van der Waals surface area contributed by atoms with Crippen molar-refractivity contribution >= 4 is 35.0 Å². The lowest BCUT2D eigenvalue weighted by molar-refractivity contribution is -0.156. The highest BCUT2D eigenvalue weighted by molar-refractivity contribution is 5.92. The number of nitrogens with one attached hydrogen (secondary N) is 2. The molecule has 0 spiro atoms. The molecule has 0 bridgehead atoms. The van der Waals surface area contributed by atoms with Gasteiger partial charge in [0.1, 0.15) is 11.4 Å². The Morgan fingerprint density at radius 1 is 0.818 bits per heavy atom. The number of aryl methyl sites for hydroxylation is 1. The Morgan fingerprint density at radius 2 is 1.43 bits per heavy atom. The number of amides is 1. The summed E-state index contributed by atoms with van der Waals surface area (Å²) in [6, 6.07) is 19.0. The van der Waals surface area contributed by atoms with E-state index >= 15 is 0 Å². The molecule has 238 valence electrons. The molecule has 0 aliphatic rings. The predicted molar refractivity (Wildman–Crippen MR) is 171 cm³/mol. The van der Waals surface area contributed by atoms with Gasteiger partial charge in [-0.2, -0.15) is 4.98 Å². The van der Waals surface area contributed by atoms with Crippen molar-refractivity contribution < 1.29 is 28.5 Å². The van der Waals surface area contributed by atoms with E-state index in [1.54, 1.807) is 0 Å². The minimum atomic E-state index is -0.483. The molecule has 2 aromatic carbocycles. The zero-order valence-electron chi connectivity index (χ0n) is 26.4. The summed E-state index contributed by atoms with van der Waals surface area (Å²) in [7, 11) is 1.95. The van der Waals surface area contributed by atoms with E-state index < -0.39 is 5.60 Å². The smallest absolute Gasteiger partial charge is 0.308 e. The van der Waals surface area contributed by atoms with E-state index in [0.717, 1.165) is 28.5 Å². The molecule has 0 saturated carbocycles. The lowest BCUT2D eigenvalue weighted by atomic mass is 10.1. The number of rotatable bonds is 18. The van der Waals surface area contributed by atoms with E-state index in [0.29, 0.717) is 58.6 Å². The number of nitrogens with zero attached hydrogens (tertiary/aromatic N) is 3. The average molecular weight is 608 g/mol. The highest BCUT2D eigenvalue weighted by Gasteiger charge is 2.15. The van der Waals surface area contributed by atoms with E-state index in [2.05, 4.69) is 20.6 Å². The second-order valence-corrected chi connectivity index (χ2v) is 11.2. The number of esters is 1. The van der Waals surface area contributed by atoms with Crippen molar-refractivity contribution in [3.63, 3.8) is 0 Å². The Kier molecular flexibility index (Phi) is 14.0. The maximum Gasteiger partial charge on any atom is 0.308 e. The van der Waals surface area contributed by atoms with Crippen LogP contribution in [0.25, 0.3) is 0 Å². The van der Waals surface area contributed by atoms with E-state index in [4.69, 9.17) is 18.9 Å². The summed E-state index contributed by atoms with van der Waals surface area (Å²) in [6.07, 6.45) is 0.545. The van der Waals surface area contributed by atoms with Gasteiger partial charge in [0.2, 0.25) is 11.9 Å². The molecular weight excluding hydrogens is 562 g/mol. The van der Waals surface area contributed by atoms with Crippen molar-refractivity contribution in [2.24, 2.45) is 0 Å². The first-order valence-electron chi connectivity index (χ1n) is 14.8. The third-order valence-corrected chi connectivity index (χ3v) is 6.05. The van der Waals surface area contributed by atoms with Gasteiger partial charge in [0, 0.05) is 36.7 Å². The van der Waals surface area contributed by atoms with Gasteiger partial charge < -0.3 is 34.5 Å². The molecule has 11 nitrogen and oxygen atoms in total. The van der Waals surface area contributed by atoms with E-state index in [1.165, 1.54) is 0 Å². The first-order chi connectivity index (χ1) is 21.1. The Balaban J connectivity index is 1.31. The van der Waals surface area contributed by atoms with Crippen molar-refractivity contribution in [1.29, 1.82) is 0 Å². The molecule has 1 amide bonds. The van der Waals surface area contributed by atoms with Crippen molar-refractivity contribution in [2.75, 3.05) is 68.8 Å². The van der Waals surface area contributed by atoms with E-state index in [1.807, 2.05) is 100 Å². The molecule has 11 heteroatoms. The molecule has 3 rings (SSSR count). The van der Waals surface area contributed by atoms with E-state index in [-0.39, 0.29) is 18.3 Å². The number of benzene rings is 2. The molecule has 0 atom stereocenters. The van der Waals surface area contributed by atoms with E-state index in [9.17, 15) is 9.59 Å². The molecule has 0 unspecified atom stereocenters. The van der Waals surface area contributed by atoms with Crippen molar-refractivity contribution in [3.8, 4) is 0 Å². The minimum Gasteiger partial charge on any atom is -0.460 e. The monoisotopic (exact) mass is 607 g/mol. The Labute approximate surface area is 260 Å². The number of likely N-dealkylation sites (N-methyl/N-ethyl adjacent to an activating group) is 1. The van der Waals surface area contributed by atoms with Gasteiger partial charge in [0.15, 0.2) is 0 Å². The molecule has 44 heavy (non-hydrogen) atoms. The average Bonchev–Trinajstić information content (AvgIpc) is 2.96. The fourth-order valence-electron chi connectivity index (χ4n) is 3.96. The second kappa shape index (κ2) is 17.9. The molecule has 0 aliphatic carbocycles. The van der Waals surface area contributed by atoms with Gasteiger partial charge in [-0.05, 0) is 57.5 Å². The van der Waals surface area contributed by atoms with Crippen molar-refractivity contribution in [3.05, 3.63) is 71.9 Å². The van der Waals surface area contributed by atoms with Gasteiger partial charge in [-0.1, -0.05) is 30.3 Å². The number of ether oxygens (including phenoxy) is 4. The molecule has 0 fully saturated rings. The number of hydrogen-bond acceptors (Lipinski definition) is 10. The Morgan fingerprint density at radius 3 is 2.09 bits per heavy atom. The topological polar surface area (TPSA) is 124 Å². The predicted octanol–water partition coefficient (Wildman–Crippen LogP) is 4.93. The Hall–Kier alpha value is -4.06. The molecule has 0 radical (unpaired) electrons. The van der Waals surface area contributed by atoms with Crippen molar-refractivity contribution in [2.45, 2.75) is 46.1 Å². The minimum absolute atomic E-state index is 0.0681. The van der Waals surface area contributed by atoms with Crippen LogP contribution in [0.4, 0.5) is 23.1 Å². The van der Waals surface area contributed by atoms with Gasteiger partial charge >= 0.3 is 5.97 Å². The summed E-state index contributed by atoms with van der Waals surface area (Å²) in [5.74, 6) is 0.916. The molecular formula is C33H45N5O6. The number of carbonyl (C=O) groups excluding carboxylic acids is 2. The van der Waals surface area contributed by atoms with Gasteiger partial charge in [0.25, 0.3) is 0 Å². The lowest BCUT2D eigenvalue weighted by Crippen LogP contribution is -2.25. The fourth-order valence-corrected chi connectivity index (χ4v) is 3.96. The SMILES string of the molecule is Cc1cc(N(C)CCOCCOCCOCCC(=O)OC(C)(C)C)nc(Nc2ccc(NC(=O)Cc3ccccc3)cc2)n1. The largest absolute Gasteiger partial charge is 0.460 e. The molecule has 0 saturated heterocycles. The summed E-state index contributed by atoms with van der Waals surface area (Å²) in [4.78, 5) is 35.2. The number of carbonyl (C=O) groups is 2. The molecule has 0 aliphatic heterocycles. The molecule has 1 heterocycles. The molecule has 1 aromatic heterocycles. The summed E-state index contributed by atoms with van der Waals surface area (Å²) in [6.45, 7) is 10.6. The van der Waals surface area contributed by atoms with Crippen LogP contribution in [0.5, 0.6) is 0 Å². The van der Waals surface area contributed by atoms with Crippen LogP contribution in [-0.2, 0) is 35.0 Å². The number of anilines is 4. The zero-order valence-corrected chi connectivity index (χ0v) is 26.4. The number of hydrogen-bond donors (Lipinski definition) is 2. The van der Waals surface area contributed by atoms with Crippen LogP contribution in [0.3, 0.4) is 0 Å². The van der Waals surface area contributed by atoms with Crippen LogP contribution in [0, 0.1) is 6.92 Å². The maximum absolute atomic E-state index is 12.3. The Bertz CT molecular complexity index is 1300. The van der Waals surface area contributed by atoms with Crippen LogP contribution < -0.4 is 15.5 Å². The van der Waals surface area contributed by atoms with Crippen LogP contribution in [0.2, 0.25) is 0 Å². The summed E-state index contributed by atoms with van der Waals surface area (Å²) in [5, 5.41) is 6.17. The highest BCUT2D eigenvalue weighted by atomic mass is 16.6. The summed E-state index contributed by atoms with van der Waals surface area (Å²) in [5.41, 5.74) is 2.84. The van der Waals surface area contributed by atoms with Gasteiger partial charge in [0.05, 0.1) is 52.5 Å².